The molecular formula is C11H8F9N3O3. The maximum atomic E-state index is 12.7. The highest BCUT2D eigenvalue weighted by molar-refractivity contribution is 5.90. The summed E-state index contributed by atoms with van der Waals surface area (Å²) in [5.74, 6) is 0. The molecule has 0 aliphatic carbocycles. The molecule has 0 fully saturated rings. The van der Waals surface area contributed by atoms with E-state index in [2.05, 4.69) is 0 Å². The van der Waals surface area contributed by atoms with Crippen LogP contribution in [-0.2, 0) is 0 Å². The fraction of sp³-hybridized carbons (Fsp3) is 0.364. The number of quaternary nitrogens is 1. The molecule has 6 nitrogen and oxygen atoms in total. The zero-order chi connectivity index (χ0) is 20.6. The van der Waals surface area contributed by atoms with Gasteiger partial charge in [0.25, 0.3) is 0 Å². The van der Waals surface area contributed by atoms with Gasteiger partial charge in [0.2, 0.25) is 0 Å². The summed E-state index contributed by atoms with van der Waals surface area (Å²) in [4.78, 5) is 11.4. The molecular weight excluding hydrogens is 393 g/mol. The Morgan fingerprint density at radius 1 is 0.962 bits per heavy atom. The number of rotatable bonds is 3. The second kappa shape index (κ2) is 6.81. The fourth-order valence-electron chi connectivity index (χ4n) is 1.76. The highest BCUT2D eigenvalue weighted by Gasteiger charge is 2.84. The van der Waals surface area contributed by atoms with Crippen LogP contribution in [0.1, 0.15) is 0 Å². The third kappa shape index (κ3) is 4.10. The van der Waals surface area contributed by atoms with Crippen LogP contribution in [0.25, 0.3) is 0 Å². The minimum atomic E-state index is -6.97. The average Bonchev–Trinajstić information content (AvgIpc) is 2.40. The summed E-state index contributed by atoms with van der Waals surface area (Å²) in [7, 11) is 0. The minimum Gasteiger partial charge on any atom is -0.595 e. The van der Waals surface area contributed by atoms with Gasteiger partial charge in [0.1, 0.15) is 0 Å². The number of anilines is 1. The summed E-state index contributed by atoms with van der Waals surface area (Å²) >= 11 is 0. The largest absolute Gasteiger partial charge is 0.595 e. The lowest BCUT2D eigenvalue weighted by Gasteiger charge is -2.38. The molecule has 1 atom stereocenters. The first-order valence-corrected chi connectivity index (χ1v) is 6.15. The van der Waals surface area contributed by atoms with E-state index in [-0.39, 0.29) is 5.32 Å². The summed E-state index contributed by atoms with van der Waals surface area (Å²) in [5.41, 5.74) is -7.71. The molecule has 1 aromatic rings. The van der Waals surface area contributed by atoms with Gasteiger partial charge in [-0.25, -0.2) is 10.0 Å². The Morgan fingerprint density at radius 2 is 1.42 bits per heavy atom. The smallest absolute Gasteiger partial charge is 0.429 e. The van der Waals surface area contributed by atoms with Crippen molar-refractivity contribution in [2.24, 2.45) is 0 Å². The molecule has 0 aliphatic rings. The van der Waals surface area contributed by atoms with Gasteiger partial charge in [-0.1, -0.05) is 6.07 Å². The Labute approximate surface area is 137 Å². The van der Waals surface area contributed by atoms with E-state index in [1.54, 1.807) is 0 Å². The molecule has 0 aromatic heterocycles. The number of hydrogen-bond acceptors (Lipinski definition) is 3. The van der Waals surface area contributed by atoms with Crippen LogP contribution in [0.15, 0.2) is 24.3 Å². The third-order valence-corrected chi connectivity index (χ3v) is 2.94. The lowest BCUT2D eigenvalue weighted by Crippen LogP contribution is -2.99. The van der Waals surface area contributed by atoms with Crippen molar-refractivity contribution < 1.29 is 54.7 Å². The van der Waals surface area contributed by atoms with Gasteiger partial charge in [0.05, 0.1) is 0 Å². The van der Waals surface area contributed by atoms with Crippen molar-refractivity contribution in [3.8, 4) is 0 Å². The quantitative estimate of drug-likeness (QED) is 0.464. The van der Waals surface area contributed by atoms with Gasteiger partial charge < -0.3 is 15.8 Å². The van der Waals surface area contributed by atoms with Crippen molar-refractivity contribution in [1.29, 1.82) is 0 Å². The van der Waals surface area contributed by atoms with Crippen molar-refractivity contribution in [3.63, 3.8) is 0 Å². The van der Waals surface area contributed by atoms with Crippen LogP contribution in [-0.4, -0.2) is 35.3 Å². The molecule has 0 radical (unpaired) electrons. The fourth-order valence-corrected chi connectivity index (χ4v) is 1.76. The molecule has 0 saturated carbocycles. The molecule has 15 heteroatoms. The predicted octanol–water partition coefficient (Wildman–Crippen LogP) is 2.64. The van der Waals surface area contributed by atoms with E-state index in [1.165, 1.54) is 5.32 Å². The Kier molecular flexibility index (Phi) is 5.70. The van der Waals surface area contributed by atoms with Gasteiger partial charge in [-0.2, -0.15) is 44.7 Å². The van der Waals surface area contributed by atoms with Crippen LogP contribution in [0.5, 0.6) is 0 Å². The number of carbonyl (C=O) groups excluding carboxylic acids is 1. The molecule has 0 heterocycles. The number of benzene rings is 1. The van der Waals surface area contributed by atoms with Crippen molar-refractivity contribution in [2.75, 3.05) is 5.32 Å². The maximum Gasteiger partial charge on any atom is 0.429 e. The first-order valence-electron chi connectivity index (χ1n) is 6.15. The Hall–Kier alpha value is -2.26. The van der Waals surface area contributed by atoms with E-state index in [0.717, 1.165) is 18.2 Å². The minimum absolute atomic E-state index is 0.125. The normalized spacial score (nSPS) is 14.7. The van der Waals surface area contributed by atoms with E-state index in [4.69, 9.17) is 5.21 Å². The van der Waals surface area contributed by atoms with E-state index in [1.807, 2.05) is 0 Å². The Balaban J connectivity index is 3.24. The molecule has 26 heavy (non-hydrogen) atoms. The molecule has 1 aromatic carbocycles. The van der Waals surface area contributed by atoms with Crippen molar-refractivity contribution in [2.45, 2.75) is 24.1 Å². The van der Waals surface area contributed by atoms with Crippen molar-refractivity contribution >= 4 is 17.4 Å². The first-order chi connectivity index (χ1) is 11.5. The number of alkyl halides is 9. The second-order valence-corrected chi connectivity index (χ2v) is 4.71. The first kappa shape index (κ1) is 21.8. The van der Waals surface area contributed by atoms with Gasteiger partial charge >= 0.3 is 30.1 Å². The number of amides is 2. The summed E-state index contributed by atoms with van der Waals surface area (Å²) in [6, 6.07) is 0.848. The van der Waals surface area contributed by atoms with Crippen LogP contribution >= 0.6 is 0 Å². The lowest BCUT2D eigenvalue weighted by molar-refractivity contribution is -0.991. The molecule has 2 amide bonds. The summed E-state index contributed by atoms with van der Waals surface area (Å²) < 4.78 is 114. The molecule has 0 bridgehead atoms. The highest BCUT2D eigenvalue weighted by atomic mass is 19.4. The van der Waals surface area contributed by atoms with Gasteiger partial charge in [-0.15, -0.1) is 0 Å². The topological polar surface area (TPSA) is 88.9 Å². The predicted molar refractivity (Wildman–Crippen MR) is 65.3 cm³/mol. The molecule has 1 unspecified atom stereocenters. The van der Waals surface area contributed by atoms with E-state index >= 15 is 0 Å². The van der Waals surface area contributed by atoms with Crippen LogP contribution in [0, 0.1) is 5.21 Å². The van der Waals surface area contributed by atoms with Gasteiger partial charge in [-0.3, -0.25) is 0 Å². The zero-order valence-electron chi connectivity index (χ0n) is 12.0. The summed E-state index contributed by atoms with van der Waals surface area (Å²) in [5, 5.41) is 19.0. The highest BCUT2D eigenvalue weighted by Crippen LogP contribution is 2.52. The number of carbonyl (C=O) groups is 1. The summed E-state index contributed by atoms with van der Waals surface area (Å²) in [6.45, 7) is 0. The molecule has 1 rings (SSSR count). The number of hydrogen-bond donors (Lipinski definition) is 4. The van der Waals surface area contributed by atoms with E-state index in [0.29, 0.717) is 6.07 Å². The van der Waals surface area contributed by atoms with Crippen molar-refractivity contribution in [1.82, 2.24) is 5.32 Å². The number of nitrogens with one attached hydrogen (secondary N) is 3. The van der Waals surface area contributed by atoms with Crippen molar-refractivity contribution in [3.05, 3.63) is 29.5 Å². The van der Waals surface area contributed by atoms with Crippen LogP contribution in [0.2, 0.25) is 0 Å². The number of urea groups is 1. The third-order valence-electron chi connectivity index (χ3n) is 2.94. The SMILES string of the molecule is O=C(Nc1cccc([NH+]([O-])O)c1)NC(C(F)(F)F)(C(F)(F)F)C(F)(F)F. The molecule has 0 saturated heterocycles. The van der Waals surface area contributed by atoms with Gasteiger partial charge in [-0.05, 0) is 6.07 Å². The Bertz CT molecular complexity index is 619. The van der Waals surface area contributed by atoms with E-state index < -0.39 is 46.7 Å². The lowest BCUT2D eigenvalue weighted by atomic mass is 9.97. The molecule has 4 N–H and O–H groups in total. The summed E-state index contributed by atoms with van der Waals surface area (Å²) in [6.07, 6.45) is -20.9. The second-order valence-electron chi connectivity index (χ2n) is 4.71. The van der Waals surface area contributed by atoms with Crippen LogP contribution in [0.3, 0.4) is 0 Å². The standard InChI is InChI=1S/C11H8F9N3O3/c12-9(13,14)8(10(15,16)17,11(18,19)20)22-7(24)21-5-2-1-3-6(4-5)23(25)26/h1-4,23,25H,(H2,21,22,24). The van der Waals surface area contributed by atoms with Gasteiger partial charge in [0, 0.05) is 17.8 Å². The van der Waals surface area contributed by atoms with Crippen LogP contribution < -0.4 is 15.9 Å². The molecule has 148 valence electrons. The van der Waals surface area contributed by atoms with Gasteiger partial charge in [0.15, 0.2) is 5.69 Å². The monoisotopic (exact) mass is 401 g/mol. The maximum absolute atomic E-state index is 12.7. The average molecular weight is 401 g/mol. The number of halogens is 9. The zero-order valence-corrected chi connectivity index (χ0v) is 12.0. The van der Waals surface area contributed by atoms with Crippen LogP contribution in [0.4, 0.5) is 55.7 Å². The Morgan fingerprint density at radius 3 is 1.81 bits per heavy atom. The van der Waals surface area contributed by atoms with E-state index in [9.17, 15) is 49.5 Å². The molecule has 0 spiro atoms. The molecule has 0 aliphatic heterocycles.